The van der Waals surface area contributed by atoms with Crippen LogP contribution in [0.25, 0.3) is 0 Å². The van der Waals surface area contributed by atoms with Gasteiger partial charge in [0.2, 0.25) is 0 Å². The molecule has 0 bridgehead atoms. The lowest BCUT2D eigenvalue weighted by molar-refractivity contribution is -0.385. The fraction of sp³-hybridized carbons (Fsp3) is 0.231. The van der Waals surface area contributed by atoms with Crippen molar-refractivity contribution in [3.63, 3.8) is 0 Å². The van der Waals surface area contributed by atoms with Crippen LogP contribution in [0.3, 0.4) is 0 Å². The first-order valence-electron chi connectivity index (χ1n) is 6.18. The minimum absolute atomic E-state index is 0.0977. The fourth-order valence-electron chi connectivity index (χ4n) is 1.88. The maximum Gasteiger partial charge on any atom is 0.416 e. The van der Waals surface area contributed by atoms with Crippen molar-refractivity contribution in [1.29, 1.82) is 0 Å². The molecule has 0 radical (unpaired) electrons. The van der Waals surface area contributed by atoms with Crippen LogP contribution in [0, 0.1) is 10.1 Å². The van der Waals surface area contributed by atoms with Crippen molar-refractivity contribution < 1.29 is 22.9 Å². The van der Waals surface area contributed by atoms with Gasteiger partial charge >= 0.3 is 6.18 Å². The number of halogens is 3. The van der Waals surface area contributed by atoms with E-state index in [-0.39, 0.29) is 6.54 Å². The third kappa shape index (κ3) is 3.83. The van der Waals surface area contributed by atoms with E-state index in [9.17, 15) is 28.1 Å². The average Bonchev–Trinajstić information content (AvgIpc) is 2.97. The van der Waals surface area contributed by atoms with Crippen molar-refractivity contribution in [1.82, 2.24) is 9.88 Å². The standard InChI is InChI=1S/C13H10F3N3O3S/c1-18(5-9-6-23-7-17-9)12(20)10-3-2-8(13(14,15)16)4-11(10)19(21)22/h2-4,6-7H,5H2,1H3. The molecule has 0 atom stereocenters. The van der Waals surface area contributed by atoms with E-state index in [1.165, 1.54) is 18.4 Å². The highest BCUT2D eigenvalue weighted by molar-refractivity contribution is 7.07. The lowest BCUT2D eigenvalue weighted by atomic mass is 10.1. The third-order valence-corrected chi connectivity index (χ3v) is 3.62. The van der Waals surface area contributed by atoms with Gasteiger partial charge in [0.25, 0.3) is 11.6 Å². The van der Waals surface area contributed by atoms with Gasteiger partial charge in [-0.15, -0.1) is 11.3 Å². The summed E-state index contributed by atoms with van der Waals surface area (Å²) in [6, 6.07) is 1.83. The summed E-state index contributed by atoms with van der Waals surface area (Å²) in [7, 11) is 1.39. The quantitative estimate of drug-likeness (QED) is 0.629. The number of benzene rings is 1. The minimum atomic E-state index is -4.72. The summed E-state index contributed by atoms with van der Waals surface area (Å²) in [6.45, 7) is 0.0977. The molecule has 2 rings (SSSR count). The number of carbonyl (C=O) groups is 1. The predicted octanol–water partition coefficient (Wildman–Crippen LogP) is 3.34. The van der Waals surface area contributed by atoms with Gasteiger partial charge in [0, 0.05) is 18.5 Å². The van der Waals surface area contributed by atoms with Gasteiger partial charge in [0.1, 0.15) is 5.56 Å². The van der Waals surface area contributed by atoms with Crippen molar-refractivity contribution in [3.05, 3.63) is 56.0 Å². The zero-order chi connectivity index (χ0) is 17.2. The van der Waals surface area contributed by atoms with Crippen LogP contribution in [0.1, 0.15) is 21.6 Å². The van der Waals surface area contributed by atoms with E-state index >= 15 is 0 Å². The Kier molecular flexibility index (Phi) is 4.64. The molecule has 1 heterocycles. The molecule has 23 heavy (non-hydrogen) atoms. The van der Waals surface area contributed by atoms with Crippen molar-refractivity contribution in [2.45, 2.75) is 12.7 Å². The van der Waals surface area contributed by atoms with Crippen molar-refractivity contribution in [2.24, 2.45) is 0 Å². The smallest absolute Gasteiger partial charge is 0.336 e. The number of hydrogen-bond acceptors (Lipinski definition) is 5. The van der Waals surface area contributed by atoms with E-state index in [1.54, 1.807) is 10.9 Å². The Bertz CT molecular complexity index is 732. The van der Waals surface area contributed by atoms with Gasteiger partial charge in [-0.3, -0.25) is 14.9 Å². The molecule has 0 spiro atoms. The van der Waals surface area contributed by atoms with Gasteiger partial charge < -0.3 is 4.90 Å². The first kappa shape index (κ1) is 16.9. The van der Waals surface area contributed by atoms with Crippen LogP contribution in [0.2, 0.25) is 0 Å². The minimum Gasteiger partial charge on any atom is -0.336 e. The van der Waals surface area contributed by atoms with E-state index in [2.05, 4.69) is 4.98 Å². The Morgan fingerprint density at radius 3 is 2.65 bits per heavy atom. The number of carbonyl (C=O) groups excluding carboxylic acids is 1. The lowest BCUT2D eigenvalue weighted by Crippen LogP contribution is -2.27. The largest absolute Gasteiger partial charge is 0.416 e. The van der Waals surface area contributed by atoms with E-state index in [1.807, 2.05) is 0 Å². The summed E-state index contributed by atoms with van der Waals surface area (Å²) in [5.74, 6) is -0.751. The van der Waals surface area contributed by atoms with Crippen molar-refractivity contribution >= 4 is 22.9 Å². The molecule has 1 amide bonds. The molecule has 0 N–H and O–H groups in total. The number of thiazole rings is 1. The predicted molar refractivity (Wildman–Crippen MR) is 76.0 cm³/mol. The summed E-state index contributed by atoms with van der Waals surface area (Å²) in [5, 5.41) is 12.7. The van der Waals surface area contributed by atoms with Crippen molar-refractivity contribution in [3.8, 4) is 0 Å². The Morgan fingerprint density at radius 2 is 2.13 bits per heavy atom. The molecule has 0 saturated heterocycles. The number of aromatic nitrogens is 1. The number of nitro benzene ring substituents is 1. The summed E-state index contributed by atoms with van der Waals surface area (Å²) in [6.07, 6.45) is -4.72. The van der Waals surface area contributed by atoms with Crippen LogP contribution in [-0.4, -0.2) is 27.8 Å². The monoisotopic (exact) mass is 345 g/mol. The molecule has 0 aliphatic carbocycles. The highest BCUT2D eigenvalue weighted by Crippen LogP contribution is 2.33. The van der Waals surface area contributed by atoms with Crippen LogP contribution in [0.15, 0.2) is 29.1 Å². The number of nitro groups is 1. The molecular weight excluding hydrogens is 335 g/mol. The number of amides is 1. The summed E-state index contributed by atoms with van der Waals surface area (Å²) in [5.41, 5.74) is -0.312. The van der Waals surface area contributed by atoms with Crippen LogP contribution in [-0.2, 0) is 12.7 Å². The molecule has 0 saturated carbocycles. The Hall–Kier alpha value is -2.49. The Morgan fingerprint density at radius 1 is 1.43 bits per heavy atom. The number of alkyl halides is 3. The van der Waals surface area contributed by atoms with Gasteiger partial charge in [-0.25, -0.2) is 4.98 Å². The molecule has 0 aliphatic rings. The molecular formula is C13H10F3N3O3S. The SMILES string of the molecule is CN(Cc1cscn1)C(=O)c1ccc(C(F)(F)F)cc1[N+](=O)[O-]. The molecule has 0 aliphatic heterocycles. The second-order valence-corrected chi connectivity index (χ2v) is 5.35. The maximum atomic E-state index is 12.6. The van der Waals surface area contributed by atoms with Crippen LogP contribution in [0.4, 0.5) is 18.9 Å². The molecule has 1 aromatic carbocycles. The van der Waals surface area contributed by atoms with E-state index in [4.69, 9.17) is 0 Å². The molecule has 122 valence electrons. The number of rotatable bonds is 4. The highest BCUT2D eigenvalue weighted by Gasteiger charge is 2.34. The second kappa shape index (κ2) is 6.32. The normalized spacial score (nSPS) is 11.3. The number of hydrogen-bond donors (Lipinski definition) is 0. The summed E-state index contributed by atoms with van der Waals surface area (Å²) < 4.78 is 37.9. The average molecular weight is 345 g/mol. The van der Waals surface area contributed by atoms with Crippen LogP contribution in [0.5, 0.6) is 0 Å². The maximum absolute atomic E-state index is 12.6. The van der Waals surface area contributed by atoms with E-state index < -0.39 is 33.8 Å². The van der Waals surface area contributed by atoms with Gasteiger partial charge in [0.15, 0.2) is 0 Å². The van der Waals surface area contributed by atoms with Crippen LogP contribution >= 0.6 is 11.3 Å². The molecule has 1 aromatic heterocycles. The highest BCUT2D eigenvalue weighted by atomic mass is 32.1. The fourth-order valence-corrected chi connectivity index (χ4v) is 2.43. The molecule has 2 aromatic rings. The van der Waals surface area contributed by atoms with Gasteiger partial charge in [-0.1, -0.05) is 0 Å². The zero-order valence-electron chi connectivity index (χ0n) is 11.7. The molecule has 0 fully saturated rings. The van der Waals surface area contributed by atoms with Crippen molar-refractivity contribution in [2.75, 3.05) is 7.05 Å². The molecule has 6 nitrogen and oxygen atoms in total. The Labute approximate surface area is 132 Å². The van der Waals surface area contributed by atoms with E-state index in [0.717, 1.165) is 11.0 Å². The van der Waals surface area contributed by atoms with Gasteiger partial charge in [0.05, 0.1) is 28.2 Å². The molecule has 0 unspecified atom stereocenters. The first-order valence-corrected chi connectivity index (χ1v) is 7.12. The van der Waals surface area contributed by atoms with Gasteiger partial charge in [-0.2, -0.15) is 13.2 Å². The van der Waals surface area contributed by atoms with E-state index in [0.29, 0.717) is 17.8 Å². The molecule has 10 heteroatoms. The first-order chi connectivity index (χ1) is 10.7. The second-order valence-electron chi connectivity index (χ2n) is 4.63. The lowest BCUT2D eigenvalue weighted by Gasteiger charge is -2.16. The topological polar surface area (TPSA) is 76.3 Å². The summed E-state index contributed by atoms with van der Waals surface area (Å²) >= 11 is 1.32. The van der Waals surface area contributed by atoms with Crippen LogP contribution < -0.4 is 0 Å². The Balaban J connectivity index is 2.34. The third-order valence-electron chi connectivity index (χ3n) is 2.98. The summed E-state index contributed by atoms with van der Waals surface area (Å²) in [4.78, 5) is 27.4. The van der Waals surface area contributed by atoms with Gasteiger partial charge in [-0.05, 0) is 12.1 Å². The zero-order valence-corrected chi connectivity index (χ0v) is 12.5. The number of nitrogens with zero attached hydrogens (tertiary/aromatic N) is 3.